The van der Waals surface area contributed by atoms with Gasteiger partial charge < -0.3 is 32.5 Å². The first-order chi connectivity index (χ1) is 12.9. The van der Waals surface area contributed by atoms with Gasteiger partial charge in [-0.15, -0.1) is 0 Å². The molecule has 0 aliphatic rings. The van der Waals surface area contributed by atoms with Crippen LogP contribution in [0.5, 0.6) is 0 Å². The number of carbonyl (C=O) groups excluding carboxylic acids is 4. The number of thiol groups is 1. The van der Waals surface area contributed by atoms with Crippen LogP contribution in [0.2, 0.25) is 0 Å². The molecule has 0 spiro atoms. The highest BCUT2D eigenvalue weighted by Crippen LogP contribution is 2.09. The van der Waals surface area contributed by atoms with E-state index in [-0.39, 0.29) is 11.7 Å². The third kappa shape index (κ3) is 8.57. The number of carbonyl (C=O) groups is 5. The number of aliphatic carboxylic acids is 1. The molecule has 0 aromatic carbocycles. The zero-order valence-corrected chi connectivity index (χ0v) is 17.0. The second kappa shape index (κ2) is 12.2. The van der Waals surface area contributed by atoms with Gasteiger partial charge in [-0.2, -0.15) is 12.6 Å². The highest BCUT2D eigenvalue weighted by Gasteiger charge is 2.31. The molecule has 12 heteroatoms. The molecule has 28 heavy (non-hydrogen) atoms. The molecule has 0 heterocycles. The molecule has 11 nitrogen and oxygen atoms in total. The van der Waals surface area contributed by atoms with Crippen LogP contribution in [-0.2, 0) is 24.0 Å². The van der Waals surface area contributed by atoms with E-state index in [1.54, 1.807) is 13.8 Å². The molecule has 0 saturated heterocycles. The van der Waals surface area contributed by atoms with Crippen molar-refractivity contribution in [2.24, 2.45) is 17.4 Å². The fourth-order valence-electron chi connectivity index (χ4n) is 2.10. The minimum Gasteiger partial charge on any atom is -0.480 e. The van der Waals surface area contributed by atoms with E-state index in [2.05, 4.69) is 28.6 Å². The summed E-state index contributed by atoms with van der Waals surface area (Å²) >= 11 is 4.01. The fourth-order valence-corrected chi connectivity index (χ4v) is 2.36. The highest BCUT2D eigenvalue weighted by atomic mass is 32.1. The first-order valence-corrected chi connectivity index (χ1v) is 9.36. The Balaban J connectivity index is 5.15. The van der Waals surface area contributed by atoms with Crippen LogP contribution < -0.4 is 27.4 Å². The predicted octanol–water partition coefficient (Wildman–Crippen LogP) is -2.28. The number of rotatable bonds is 12. The summed E-state index contributed by atoms with van der Waals surface area (Å²) in [7, 11) is 0. The third-order valence-corrected chi connectivity index (χ3v) is 4.46. The van der Waals surface area contributed by atoms with Crippen molar-refractivity contribution in [3.63, 3.8) is 0 Å². The molecule has 4 amide bonds. The molecule has 5 atom stereocenters. The Kier molecular flexibility index (Phi) is 11.2. The first kappa shape index (κ1) is 25.7. The van der Waals surface area contributed by atoms with Gasteiger partial charge in [0.25, 0.3) is 0 Å². The van der Waals surface area contributed by atoms with Crippen molar-refractivity contribution in [2.75, 3.05) is 5.75 Å². The summed E-state index contributed by atoms with van der Waals surface area (Å²) in [5, 5.41) is 16.1. The van der Waals surface area contributed by atoms with Crippen LogP contribution in [0, 0.1) is 5.92 Å². The van der Waals surface area contributed by atoms with Crippen molar-refractivity contribution in [3.05, 3.63) is 0 Å². The maximum Gasteiger partial charge on any atom is 0.325 e. The number of hydrogen-bond donors (Lipinski definition) is 7. The number of amides is 4. The lowest BCUT2D eigenvalue weighted by Crippen LogP contribution is -2.59. The summed E-state index contributed by atoms with van der Waals surface area (Å²) in [6, 6.07) is -4.50. The van der Waals surface area contributed by atoms with Crippen molar-refractivity contribution >= 4 is 42.2 Å². The topological polar surface area (TPSA) is 194 Å². The molecule has 0 radical (unpaired) electrons. The summed E-state index contributed by atoms with van der Waals surface area (Å²) in [5.41, 5.74) is 10.5. The fraction of sp³-hybridized carbons (Fsp3) is 0.688. The van der Waals surface area contributed by atoms with Crippen molar-refractivity contribution < 1.29 is 29.1 Å². The van der Waals surface area contributed by atoms with E-state index < -0.39 is 60.2 Å². The van der Waals surface area contributed by atoms with Crippen LogP contribution in [-0.4, -0.2) is 64.6 Å². The second-order valence-corrected chi connectivity index (χ2v) is 6.83. The summed E-state index contributed by atoms with van der Waals surface area (Å²) in [6.45, 7) is 4.82. The minimum absolute atomic E-state index is 0.0960. The van der Waals surface area contributed by atoms with Gasteiger partial charge in [0.2, 0.25) is 23.6 Å². The Morgan fingerprint density at radius 2 is 1.57 bits per heavy atom. The maximum atomic E-state index is 12.5. The van der Waals surface area contributed by atoms with Crippen LogP contribution in [0.1, 0.15) is 33.6 Å². The van der Waals surface area contributed by atoms with E-state index in [0.717, 1.165) is 0 Å². The maximum absolute atomic E-state index is 12.5. The molecule has 0 aliphatic carbocycles. The van der Waals surface area contributed by atoms with Gasteiger partial charge in [0.15, 0.2) is 0 Å². The Labute approximate surface area is 168 Å². The number of hydrogen-bond acceptors (Lipinski definition) is 7. The smallest absolute Gasteiger partial charge is 0.325 e. The van der Waals surface area contributed by atoms with Gasteiger partial charge in [0.05, 0.1) is 12.5 Å². The number of nitrogens with one attached hydrogen (secondary N) is 3. The molecular formula is C16H29N5O6S. The zero-order chi connectivity index (χ0) is 22.0. The van der Waals surface area contributed by atoms with E-state index in [1.165, 1.54) is 6.92 Å². The van der Waals surface area contributed by atoms with Crippen LogP contribution in [0.3, 0.4) is 0 Å². The Morgan fingerprint density at radius 1 is 1.00 bits per heavy atom. The van der Waals surface area contributed by atoms with Crippen LogP contribution in [0.4, 0.5) is 0 Å². The van der Waals surface area contributed by atoms with Gasteiger partial charge in [-0.25, -0.2) is 0 Å². The van der Waals surface area contributed by atoms with E-state index >= 15 is 0 Å². The lowest BCUT2D eigenvalue weighted by Gasteiger charge is -2.27. The summed E-state index contributed by atoms with van der Waals surface area (Å²) < 4.78 is 0. The zero-order valence-electron chi connectivity index (χ0n) is 16.1. The van der Waals surface area contributed by atoms with Crippen molar-refractivity contribution in [2.45, 2.75) is 57.8 Å². The lowest BCUT2D eigenvalue weighted by molar-refractivity contribution is -0.142. The standard InChI is InChI=1S/C16H29N5O6S/c1-4-7(2)12(15(25)19-8(3)16(26)27)21-14(24)10(6-28)20-13(23)9(17)5-11(18)22/h7-10,12,28H,4-6,17H2,1-3H3,(H2,18,22)(H,19,25)(H,20,23)(H,21,24)(H,26,27). The average Bonchev–Trinajstić information content (AvgIpc) is 2.61. The molecule has 0 aromatic heterocycles. The lowest BCUT2D eigenvalue weighted by atomic mass is 9.97. The van der Waals surface area contributed by atoms with Gasteiger partial charge in [-0.05, 0) is 12.8 Å². The number of nitrogens with two attached hydrogens (primary N) is 2. The van der Waals surface area contributed by atoms with Gasteiger partial charge in [-0.3, -0.25) is 24.0 Å². The van der Waals surface area contributed by atoms with E-state index in [0.29, 0.717) is 6.42 Å². The molecule has 0 aromatic rings. The highest BCUT2D eigenvalue weighted by molar-refractivity contribution is 7.80. The Hall–Kier alpha value is -2.34. The van der Waals surface area contributed by atoms with E-state index in [9.17, 15) is 24.0 Å². The first-order valence-electron chi connectivity index (χ1n) is 8.73. The second-order valence-electron chi connectivity index (χ2n) is 6.46. The average molecular weight is 420 g/mol. The predicted molar refractivity (Wildman–Crippen MR) is 104 cm³/mol. The monoisotopic (exact) mass is 419 g/mol. The molecule has 0 rings (SSSR count). The molecular weight excluding hydrogens is 390 g/mol. The van der Waals surface area contributed by atoms with Crippen LogP contribution in [0.25, 0.3) is 0 Å². The Morgan fingerprint density at radius 3 is 2.00 bits per heavy atom. The Bertz CT molecular complexity index is 602. The summed E-state index contributed by atoms with van der Waals surface area (Å²) in [5.74, 6) is -4.51. The number of carboxylic acids is 1. The van der Waals surface area contributed by atoms with Crippen LogP contribution in [0.15, 0.2) is 0 Å². The quantitative estimate of drug-likeness (QED) is 0.173. The molecule has 0 aliphatic heterocycles. The van der Waals surface area contributed by atoms with Gasteiger partial charge in [0, 0.05) is 5.75 Å². The van der Waals surface area contributed by atoms with Crippen LogP contribution >= 0.6 is 12.6 Å². The number of carboxylic acid groups (broad SMARTS) is 1. The normalized spacial score (nSPS) is 16.0. The van der Waals surface area contributed by atoms with Crippen molar-refractivity contribution in [3.8, 4) is 0 Å². The van der Waals surface area contributed by atoms with E-state index in [4.69, 9.17) is 16.6 Å². The van der Waals surface area contributed by atoms with Gasteiger partial charge in [0.1, 0.15) is 18.1 Å². The molecule has 8 N–H and O–H groups in total. The van der Waals surface area contributed by atoms with Crippen molar-refractivity contribution in [1.82, 2.24) is 16.0 Å². The van der Waals surface area contributed by atoms with Gasteiger partial charge >= 0.3 is 5.97 Å². The molecule has 0 saturated carbocycles. The SMILES string of the molecule is CCC(C)C(NC(=O)C(CS)NC(=O)C(N)CC(N)=O)C(=O)NC(C)C(=O)O. The summed E-state index contributed by atoms with van der Waals surface area (Å²) in [6.07, 6.45) is 0.138. The third-order valence-electron chi connectivity index (χ3n) is 4.10. The number of primary amides is 1. The summed E-state index contributed by atoms with van der Waals surface area (Å²) in [4.78, 5) is 58.7. The largest absolute Gasteiger partial charge is 0.480 e. The molecule has 5 unspecified atom stereocenters. The molecule has 0 fully saturated rings. The van der Waals surface area contributed by atoms with Gasteiger partial charge in [-0.1, -0.05) is 20.3 Å². The minimum atomic E-state index is -1.22. The molecule has 0 bridgehead atoms. The van der Waals surface area contributed by atoms with E-state index in [1.807, 2.05) is 0 Å². The molecule has 160 valence electrons. The van der Waals surface area contributed by atoms with Crippen molar-refractivity contribution in [1.29, 1.82) is 0 Å².